The van der Waals surface area contributed by atoms with Gasteiger partial charge in [-0.1, -0.05) is 30.3 Å². The first kappa shape index (κ1) is 18.2. The van der Waals surface area contributed by atoms with Crippen LogP contribution in [0.15, 0.2) is 52.3 Å². The normalized spacial score (nSPS) is 11.0. The fourth-order valence-corrected chi connectivity index (χ4v) is 2.46. The topological polar surface area (TPSA) is 86.3 Å². The van der Waals surface area contributed by atoms with Gasteiger partial charge in [0, 0.05) is 38.8 Å². The summed E-state index contributed by atoms with van der Waals surface area (Å²) >= 11 is 0. The maximum Gasteiger partial charge on any atom is 0.266 e. The molecule has 0 saturated carbocycles. The second-order valence-corrected chi connectivity index (χ2v) is 5.56. The van der Waals surface area contributed by atoms with E-state index >= 15 is 0 Å². The Morgan fingerprint density at radius 2 is 2.04 bits per heavy atom. The van der Waals surface area contributed by atoms with Crippen molar-refractivity contribution in [3.05, 3.63) is 52.8 Å². The van der Waals surface area contributed by atoms with Crippen LogP contribution in [0.3, 0.4) is 0 Å². The summed E-state index contributed by atoms with van der Waals surface area (Å²) in [5, 5.41) is 15.7. The minimum absolute atomic E-state index is 0.102. The van der Waals surface area contributed by atoms with Gasteiger partial charge < -0.3 is 4.90 Å². The van der Waals surface area contributed by atoms with E-state index in [4.69, 9.17) is 5.26 Å². The van der Waals surface area contributed by atoms with Crippen molar-refractivity contribution in [2.75, 3.05) is 20.6 Å². The number of aliphatic imine (C=N–C) groups is 1. The van der Waals surface area contributed by atoms with Gasteiger partial charge in [0.1, 0.15) is 0 Å². The second-order valence-electron chi connectivity index (χ2n) is 5.56. The molecule has 130 valence electrons. The van der Waals surface area contributed by atoms with E-state index in [1.165, 1.54) is 4.68 Å². The third kappa shape index (κ3) is 5.18. The van der Waals surface area contributed by atoms with Crippen molar-refractivity contribution in [2.45, 2.75) is 19.4 Å². The van der Waals surface area contributed by atoms with Crippen molar-refractivity contribution in [3.8, 4) is 17.5 Å². The van der Waals surface area contributed by atoms with Gasteiger partial charge in [0.25, 0.3) is 5.56 Å². The Hall–Kier alpha value is -3.14. The van der Waals surface area contributed by atoms with Gasteiger partial charge in [0.05, 0.1) is 5.69 Å². The number of aryl methyl sites for hydroxylation is 1. The number of benzene rings is 1. The van der Waals surface area contributed by atoms with Crippen LogP contribution >= 0.6 is 0 Å². The van der Waals surface area contributed by atoms with E-state index in [9.17, 15) is 4.79 Å². The Morgan fingerprint density at radius 1 is 1.28 bits per heavy atom. The molecular weight excluding hydrogens is 316 g/mol. The van der Waals surface area contributed by atoms with Crippen LogP contribution < -0.4 is 10.9 Å². The molecule has 0 spiro atoms. The molecule has 0 unspecified atom stereocenters. The summed E-state index contributed by atoms with van der Waals surface area (Å²) in [4.78, 5) is 17.9. The predicted octanol–water partition coefficient (Wildman–Crippen LogP) is 1.68. The first-order valence-corrected chi connectivity index (χ1v) is 8.12. The number of guanidine groups is 1. The largest absolute Gasteiger partial charge is 0.345 e. The van der Waals surface area contributed by atoms with E-state index in [0.717, 1.165) is 30.6 Å². The first-order chi connectivity index (χ1) is 12.2. The van der Waals surface area contributed by atoms with Crippen LogP contribution in [0.25, 0.3) is 11.3 Å². The monoisotopic (exact) mass is 338 g/mol. The molecule has 0 bridgehead atoms. The van der Waals surface area contributed by atoms with Crippen LogP contribution in [0.1, 0.15) is 12.8 Å². The van der Waals surface area contributed by atoms with Gasteiger partial charge in [-0.25, -0.2) is 4.68 Å². The van der Waals surface area contributed by atoms with Gasteiger partial charge in [-0.05, 0) is 18.9 Å². The number of hydrogen-bond acceptors (Lipinski definition) is 4. The summed E-state index contributed by atoms with van der Waals surface area (Å²) in [7, 11) is 3.50. The van der Waals surface area contributed by atoms with E-state index in [1.807, 2.05) is 48.5 Å². The Morgan fingerprint density at radius 3 is 2.72 bits per heavy atom. The maximum atomic E-state index is 12.0. The lowest BCUT2D eigenvalue weighted by Gasteiger charge is -2.19. The molecule has 0 saturated heterocycles. The van der Waals surface area contributed by atoms with Crippen LogP contribution in [0.4, 0.5) is 0 Å². The Labute approximate surface area is 147 Å². The molecule has 25 heavy (non-hydrogen) atoms. The van der Waals surface area contributed by atoms with Crippen molar-refractivity contribution >= 4 is 5.96 Å². The van der Waals surface area contributed by atoms with E-state index in [2.05, 4.69) is 15.4 Å². The van der Waals surface area contributed by atoms with Crippen molar-refractivity contribution in [3.63, 3.8) is 0 Å². The van der Waals surface area contributed by atoms with E-state index in [0.29, 0.717) is 12.5 Å². The SMILES string of the molecule is CN=C(NC#N)N(C)CCCCn1nc(-c2ccccc2)ccc1=O. The van der Waals surface area contributed by atoms with E-state index in [1.54, 1.807) is 19.2 Å². The third-order valence-electron chi connectivity index (χ3n) is 3.79. The molecule has 0 aliphatic heterocycles. The zero-order valence-electron chi connectivity index (χ0n) is 14.5. The highest BCUT2D eigenvalue weighted by atomic mass is 16.1. The molecular formula is C18H22N6O. The van der Waals surface area contributed by atoms with Crippen molar-refractivity contribution < 1.29 is 0 Å². The highest BCUT2D eigenvalue weighted by Crippen LogP contribution is 2.14. The molecule has 0 atom stereocenters. The minimum atomic E-state index is -0.102. The van der Waals surface area contributed by atoms with Gasteiger partial charge in [0.2, 0.25) is 5.96 Å². The number of aromatic nitrogens is 2. The summed E-state index contributed by atoms with van der Waals surface area (Å²) in [6.45, 7) is 1.28. The van der Waals surface area contributed by atoms with Crippen LogP contribution in [-0.4, -0.2) is 41.3 Å². The predicted molar refractivity (Wildman–Crippen MR) is 97.9 cm³/mol. The molecule has 0 radical (unpaired) electrons. The molecule has 0 aliphatic rings. The lowest BCUT2D eigenvalue weighted by atomic mass is 10.1. The number of nitriles is 1. The summed E-state index contributed by atoms with van der Waals surface area (Å²) in [5.74, 6) is 0.531. The van der Waals surface area contributed by atoms with Gasteiger partial charge in [-0.15, -0.1) is 0 Å². The molecule has 1 N–H and O–H groups in total. The number of nitrogens with zero attached hydrogens (tertiary/aromatic N) is 5. The number of unbranched alkanes of at least 4 members (excludes halogenated alkanes) is 1. The Kier molecular flexibility index (Phi) is 6.72. The quantitative estimate of drug-likeness (QED) is 0.285. The molecule has 1 aromatic carbocycles. The smallest absolute Gasteiger partial charge is 0.266 e. The fourth-order valence-electron chi connectivity index (χ4n) is 2.46. The second kappa shape index (κ2) is 9.23. The maximum absolute atomic E-state index is 12.0. The lowest BCUT2D eigenvalue weighted by molar-refractivity contribution is 0.441. The molecule has 7 heteroatoms. The summed E-state index contributed by atoms with van der Waals surface area (Å²) in [6, 6.07) is 13.1. The molecule has 2 aromatic rings. The number of hydrogen-bond donors (Lipinski definition) is 1. The highest BCUT2D eigenvalue weighted by Gasteiger charge is 2.06. The molecule has 2 rings (SSSR count). The number of rotatable bonds is 6. The molecule has 0 aliphatic carbocycles. The van der Waals surface area contributed by atoms with Gasteiger partial charge in [-0.2, -0.15) is 10.4 Å². The summed E-state index contributed by atoms with van der Waals surface area (Å²) in [5.41, 5.74) is 1.67. The standard InChI is InChI=1S/C18H22N6O/c1-20-18(21-14-19)23(2)12-6-7-13-24-17(25)11-10-16(22-24)15-8-4-3-5-9-15/h3-5,8-11H,6-7,12-13H2,1-2H3,(H,20,21). The van der Waals surface area contributed by atoms with Crippen LogP contribution in [-0.2, 0) is 6.54 Å². The average Bonchev–Trinajstić information content (AvgIpc) is 2.65. The summed E-state index contributed by atoms with van der Waals surface area (Å²) in [6.07, 6.45) is 3.53. The van der Waals surface area contributed by atoms with Crippen molar-refractivity contribution in [2.24, 2.45) is 4.99 Å². The van der Waals surface area contributed by atoms with Gasteiger partial charge >= 0.3 is 0 Å². The molecule has 0 amide bonds. The zero-order chi connectivity index (χ0) is 18.1. The number of nitrogens with one attached hydrogen (secondary N) is 1. The van der Waals surface area contributed by atoms with E-state index < -0.39 is 0 Å². The van der Waals surface area contributed by atoms with Crippen molar-refractivity contribution in [1.29, 1.82) is 5.26 Å². The fraction of sp³-hybridized carbons (Fsp3) is 0.333. The average molecular weight is 338 g/mol. The first-order valence-electron chi connectivity index (χ1n) is 8.12. The Balaban J connectivity index is 1.93. The van der Waals surface area contributed by atoms with Crippen LogP contribution in [0, 0.1) is 11.5 Å². The molecule has 1 heterocycles. The molecule has 0 fully saturated rings. The van der Waals surface area contributed by atoms with E-state index in [-0.39, 0.29) is 5.56 Å². The summed E-state index contributed by atoms with van der Waals surface area (Å²) < 4.78 is 1.50. The van der Waals surface area contributed by atoms with Gasteiger partial charge in [0.15, 0.2) is 6.19 Å². The van der Waals surface area contributed by atoms with Gasteiger partial charge in [-0.3, -0.25) is 15.1 Å². The molecule has 1 aromatic heterocycles. The van der Waals surface area contributed by atoms with Crippen LogP contribution in [0.5, 0.6) is 0 Å². The molecule has 7 nitrogen and oxygen atoms in total. The highest BCUT2D eigenvalue weighted by molar-refractivity contribution is 5.80. The zero-order valence-corrected chi connectivity index (χ0v) is 14.5. The van der Waals surface area contributed by atoms with Crippen molar-refractivity contribution in [1.82, 2.24) is 20.0 Å². The Bertz CT molecular complexity index is 806. The van der Waals surface area contributed by atoms with Crippen LogP contribution in [0.2, 0.25) is 0 Å². The minimum Gasteiger partial charge on any atom is -0.345 e. The lowest BCUT2D eigenvalue weighted by Crippen LogP contribution is -2.37. The third-order valence-corrected chi connectivity index (χ3v) is 3.79.